The smallest absolute Gasteiger partial charge is 0.220 e. The first-order chi connectivity index (χ1) is 9.44. The quantitative estimate of drug-likeness (QED) is 0.858. The molecule has 2 rings (SSSR count). The highest BCUT2D eigenvalue weighted by atomic mass is 16.5. The number of carbonyl (C=O) groups excluding carboxylic acids is 1. The van der Waals surface area contributed by atoms with E-state index >= 15 is 0 Å². The number of ether oxygens (including phenoxy) is 1. The Balaban J connectivity index is 1.63. The van der Waals surface area contributed by atoms with Gasteiger partial charge in [-0.2, -0.15) is 0 Å². The lowest BCUT2D eigenvalue weighted by molar-refractivity contribution is -0.123. The van der Waals surface area contributed by atoms with Crippen molar-refractivity contribution in [2.45, 2.75) is 52.5 Å². The lowest BCUT2D eigenvalue weighted by atomic mass is 9.91. The summed E-state index contributed by atoms with van der Waals surface area (Å²) >= 11 is 0. The van der Waals surface area contributed by atoms with Crippen molar-refractivity contribution in [2.75, 3.05) is 32.8 Å². The fourth-order valence-electron chi connectivity index (χ4n) is 3.13. The zero-order valence-corrected chi connectivity index (χ0v) is 13.3. The molecular formula is C16H30N2O2. The summed E-state index contributed by atoms with van der Waals surface area (Å²) in [5, 5.41) is 3.11. The van der Waals surface area contributed by atoms with Gasteiger partial charge in [0.05, 0.1) is 6.61 Å². The van der Waals surface area contributed by atoms with E-state index in [1.165, 1.54) is 19.3 Å². The van der Waals surface area contributed by atoms with Gasteiger partial charge in [-0.15, -0.1) is 0 Å². The summed E-state index contributed by atoms with van der Waals surface area (Å²) in [6.45, 7) is 11.3. The van der Waals surface area contributed by atoms with E-state index in [4.69, 9.17) is 4.74 Å². The first kappa shape index (κ1) is 15.8. The number of hydrogen-bond acceptors (Lipinski definition) is 3. The Morgan fingerprint density at radius 2 is 1.95 bits per heavy atom. The third-order valence-corrected chi connectivity index (χ3v) is 4.35. The van der Waals surface area contributed by atoms with Crippen molar-refractivity contribution in [1.82, 2.24) is 10.2 Å². The molecule has 2 fully saturated rings. The number of nitrogens with zero attached hydrogens (tertiary/aromatic N) is 1. The van der Waals surface area contributed by atoms with E-state index in [1.54, 1.807) is 0 Å². The van der Waals surface area contributed by atoms with Crippen LogP contribution < -0.4 is 5.32 Å². The molecule has 0 radical (unpaired) electrons. The van der Waals surface area contributed by atoms with Gasteiger partial charge in [0.25, 0.3) is 0 Å². The second-order valence-electron chi connectivity index (χ2n) is 7.54. The first-order valence-electron chi connectivity index (χ1n) is 8.02. The molecule has 0 aromatic heterocycles. The third-order valence-electron chi connectivity index (χ3n) is 4.35. The molecule has 2 aliphatic heterocycles. The van der Waals surface area contributed by atoms with Crippen LogP contribution in [0.15, 0.2) is 0 Å². The molecule has 1 amide bonds. The van der Waals surface area contributed by atoms with Crippen molar-refractivity contribution in [3.63, 3.8) is 0 Å². The molecule has 1 unspecified atom stereocenters. The minimum Gasteiger partial charge on any atom is -0.380 e. The molecule has 0 aromatic carbocycles. The second kappa shape index (κ2) is 6.90. The van der Waals surface area contributed by atoms with E-state index in [9.17, 15) is 4.79 Å². The van der Waals surface area contributed by atoms with E-state index < -0.39 is 0 Å². The van der Waals surface area contributed by atoms with Gasteiger partial charge >= 0.3 is 0 Å². The van der Waals surface area contributed by atoms with Crippen LogP contribution in [0.2, 0.25) is 0 Å². The molecule has 4 heteroatoms. The number of nitrogens with one attached hydrogen (secondary N) is 1. The number of piperidine rings is 1. The summed E-state index contributed by atoms with van der Waals surface area (Å²) in [6, 6.07) is 0.645. The highest BCUT2D eigenvalue weighted by Crippen LogP contribution is 2.22. The third kappa shape index (κ3) is 5.06. The number of amides is 1. The Hall–Kier alpha value is -0.610. The number of rotatable bonds is 4. The minimum absolute atomic E-state index is 0.0793. The Morgan fingerprint density at radius 1 is 1.25 bits per heavy atom. The molecule has 1 N–H and O–H groups in total. The minimum atomic E-state index is 0.0793. The molecule has 20 heavy (non-hydrogen) atoms. The largest absolute Gasteiger partial charge is 0.380 e. The first-order valence-corrected chi connectivity index (χ1v) is 8.02. The lowest BCUT2D eigenvalue weighted by Crippen LogP contribution is -2.44. The van der Waals surface area contributed by atoms with Crippen molar-refractivity contribution in [3.05, 3.63) is 0 Å². The summed E-state index contributed by atoms with van der Waals surface area (Å²) in [6.07, 6.45) is 4.21. The summed E-state index contributed by atoms with van der Waals surface area (Å²) in [5.74, 6) is 0.849. The molecule has 0 aliphatic carbocycles. The van der Waals surface area contributed by atoms with Crippen molar-refractivity contribution in [1.29, 1.82) is 0 Å². The van der Waals surface area contributed by atoms with Crippen molar-refractivity contribution >= 4 is 5.91 Å². The topological polar surface area (TPSA) is 41.6 Å². The van der Waals surface area contributed by atoms with Crippen LogP contribution >= 0.6 is 0 Å². The molecule has 0 aromatic rings. The predicted molar refractivity (Wildman–Crippen MR) is 80.6 cm³/mol. The maximum Gasteiger partial charge on any atom is 0.220 e. The van der Waals surface area contributed by atoms with Crippen LogP contribution in [0, 0.1) is 11.3 Å². The monoisotopic (exact) mass is 282 g/mol. The van der Waals surface area contributed by atoms with Crippen LogP contribution in [0.4, 0.5) is 0 Å². The molecular weight excluding hydrogens is 252 g/mol. The molecule has 0 saturated carbocycles. The van der Waals surface area contributed by atoms with Gasteiger partial charge in [0.2, 0.25) is 5.91 Å². The van der Waals surface area contributed by atoms with Gasteiger partial charge < -0.3 is 10.1 Å². The van der Waals surface area contributed by atoms with Gasteiger partial charge in [-0.3, -0.25) is 9.69 Å². The molecule has 0 spiro atoms. The Kier molecular flexibility index (Phi) is 5.44. The molecule has 2 aliphatic rings. The van der Waals surface area contributed by atoms with Gasteiger partial charge in [0.15, 0.2) is 0 Å². The number of carbonyl (C=O) groups is 1. The summed E-state index contributed by atoms with van der Waals surface area (Å²) in [5.41, 5.74) is 0.0793. The van der Waals surface area contributed by atoms with Crippen LogP contribution in [0.5, 0.6) is 0 Å². The van der Waals surface area contributed by atoms with E-state index in [1.807, 2.05) is 0 Å². The molecule has 1 atom stereocenters. The average molecular weight is 282 g/mol. The predicted octanol–water partition coefficient (Wildman–Crippen LogP) is 2.04. The van der Waals surface area contributed by atoms with Gasteiger partial charge in [-0.25, -0.2) is 0 Å². The number of likely N-dealkylation sites (tertiary alicyclic amines) is 1. The van der Waals surface area contributed by atoms with Crippen LogP contribution in [-0.4, -0.2) is 49.7 Å². The van der Waals surface area contributed by atoms with Gasteiger partial charge in [0, 0.05) is 25.6 Å². The summed E-state index contributed by atoms with van der Waals surface area (Å²) in [7, 11) is 0. The molecule has 0 bridgehead atoms. The van der Waals surface area contributed by atoms with Crippen LogP contribution in [0.1, 0.15) is 46.5 Å². The van der Waals surface area contributed by atoms with E-state index in [0.29, 0.717) is 18.4 Å². The zero-order valence-electron chi connectivity index (χ0n) is 13.3. The molecule has 4 nitrogen and oxygen atoms in total. The highest BCUT2D eigenvalue weighted by Gasteiger charge is 2.27. The maximum absolute atomic E-state index is 11.8. The Morgan fingerprint density at radius 3 is 2.50 bits per heavy atom. The SMILES string of the molecule is CC(C)(C)CC(=O)NCC1CCN(C2CCOC2)CC1. The van der Waals surface area contributed by atoms with Gasteiger partial charge in [-0.1, -0.05) is 20.8 Å². The summed E-state index contributed by atoms with van der Waals surface area (Å²) in [4.78, 5) is 14.4. The molecule has 2 saturated heterocycles. The van der Waals surface area contributed by atoms with Crippen molar-refractivity contribution < 1.29 is 9.53 Å². The normalized spacial score (nSPS) is 25.9. The van der Waals surface area contributed by atoms with Crippen LogP contribution in [-0.2, 0) is 9.53 Å². The van der Waals surface area contributed by atoms with Crippen LogP contribution in [0.25, 0.3) is 0 Å². The Bertz CT molecular complexity index is 311. The maximum atomic E-state index is 11.8. The van der Waals surface area contributed by atoms with Gasteiger partial charge in [0.1, 0.15) is 0 Å². The molecule has 2 heterocycles. The fraction of sp³-hybridized carbons (Fsp3) is 0.938. The Labute approximate surface area is 123 Å². The standard InChI is InChI=1S/C16H30N2O2/c1-16(2,3)10-15(19)17-11-13-4-7-18(8-5-13)14-6-9-20-12-14/h13-14H,4-12H2,1-3H3,(H,17,19). The van der Waals surface area contributed by atoms with Gasteiger partial charge in [-0.05, 0) is 43.7 Å². The van der Waals surface area contributed by atoms with Crippen molar-refractivity contribution in [3.8, 4) is 0 Å². The fourth-order valence-corrected chi connectivity index (χ4v) is 3.13. The summed E-state index contributed by atoms with van der Waals surface area (Å²) < 4.78 is 5.46. The molecule has 116 valence electrons. The van der Waals surface area contributed by atoms with Crippen LogP contribution in [0.3, 0.4) is 0 Å². The van der Waals surface area contributed by atoms with E-state index in [0.717, 1.165) is 32.8 Å². The highest BCUT2D eigenvalue weighted by molar-refractivity contribution is 5.76. The lowest BCUT2D eigenvalue weighted by Gasteiger charge is -2.35. The van der Waals surface area contributed by atoms with E-state index in [-0.39, 0.29) is 11.3 Å². The zero-order chi connectivity index (χ0) is 14.6. The average Bonchev–Trinajstić information content (AvgIpc) is 2.89. The number of hydrogen-bond donors (Lipinski definition) is 1. The van der Waals surface area contributed by atoms with Crippen molar-refractivity contribution in [2.24, 2.45) is 11.3 Å². The second-order valence-corrected chi connectivity index (χ2v) is 7.54. The van der Waals surface area contributed by atoms with E-state index in [2.05, 4.69) is 31.0 Å².